The number of carbonyl (C=O) groups excluding carboxylic acids is 2. The van der Waals surface area contributed by atoms with Crippen molar-refractivity contribution in [3.63, 3.8) is 0 Å². The number of carboxylic acid groups (broad SMARTS) is 2. The zero-order valence-electron chi connectivity index (χ0n) is 15.8. The molecule has 2 aliphatic heterocycles. The van der Waals surface area contributed by atoms with Crippen LogP contribution in [0.1, 0.15) is 0 Å². The molecule has 0 saturated carbocycles. The normalized spacial score (nSPS) is 32.3. The maximum absolute atomic E-state index is 11.1. The molecule has 6 unspecified atom stereocenters. The summed E-state index contributed by atoms with van der Waals surface area (Å²) in [5.74, 6) is -4.27. The van der Waals surface area contributed by atoms with Crippen molar-refractivity contribution in [3.05, 3.63) is 50.3 Å². The zero-order valence-corrected chi connectivity index (χ0v) is 23.8. The van der Waals surface area contributed by atoms with Gasteiger partial charge in [-0.05, 0) is 12.2 Å². The molecule has 26 heavy (non-hydrogen) atoms. The standard InChI is InChI=1S/C16H18O6.4Na/c1-3-9-7-12(16(19)20)14(21-9)6-5-10-8-11(15(17)18)13(4-2)22-10;;;;/h3-14H,1-2H2,(H,17,18)(H,19,20);;;;/q-2;4*+1/p-2/b6-5-;;;;. The van der Waals surface area contributed by atoms with Crippen LogP contribution >= 0.6 is 0 Å². The predicted molar refractivity (Wildman–Crippen MR) is 72.5 cm³/mol. The van der Waals surface area contributed by atoms with Crippen molar-refractivity contribution in [2.45, 2.75) is 24.4 Å². The third-order valence-electron chi connectivity index (χ3n) is 3.63. The van der Waals surface area contributed by atoms with Gasteiger partial charge in [-0.1, -0.05) is 36.1 Å². The number of ether oxygens (including phenoxy) is 2. The quantitative estimate of drug-likeness (QED) is 0.251. The molecule has 0 aromatic rings. The molecule has 2 rings (SSSR count). The first-order chi connectivity index (χ1) is 10.5. The molecular formula is C16H16Na4O6. The average molecular weight is 396 g/mol. The Morgan fingerprint density at radius 1 is 0.769 bits per heavy atom. The fourth-order valence-electron chi connectivity index (χ4n) is 2.51. The number of hydrogen-bond donors (Lipinski definition) is 0. The Balaban J connectivity index is -0.00000132. The summed E-state index contributed by atoms with van der Waals surface area (Å²) in [6, 6.07) is 0. The van der Waals surface area contributed by atoms with Gasteiger partial charge in [0.05, 0.1) is 12.2 Å². The summed E-state index contributed by atoms with van der Waals surface area (Å²) in [4.78, 5) is 22.1. The molecule has 2 aliphatic rings. The SMILES string of the molecule is C=CC1[CH-]C(C(=O)[O-])C(/C=C\C2[CH-]C(C(=O)[O-])C(C=C)O2)O1.[Na+].[Na+].[Na+].[Na+]. The minimum atomic E-state index is -1.24. The van der Waals surface area contributed by atoms with Gasteiger partial charge in [0.25, 0.3) is 0 Å². The molecule has 0 spiro atoms. The van der Waals surface area contributed by atoms with Crippen LogP contribution in [0.25, 0.3) is 0 Å². The first-order valence-corrected chi connectivity index (χ1v) is 6.82. The largest absolute Gasteiger partial charge is 1.00 e. The van der Waals surface area contributed by atoms with Crippen LogP contribution in [0.3, 0.4) is 0 Å². The van der Waals surface area contributed by atoms with Crippen LogP contribution in [0, 0.1) is 24.7 Å². The van der Waals surface area contributed by atoms with E-state index in [4.69, 9.17) is 9.47 Å². The number of hydrogen-bond acceptors (Lipinski definition) is 6. The monoisotopic (exact) mass is 396 g/mol. The van der Waals surface area contributed by atoms with Crippen LogP contribution in [0.15, 0.2) is 37.5 Å². The van der Waals surface area contributed by atoms with Crippen LogP contribution in [-0.4, -0.2) is 36.4 Å². The molecule has 10 heteroatoms. The van der Waals surface area contributed by atoms with E-state index in [0.717, 1.165) is 0 Å². The van der Waals surface area contributed by atoms with Gasteiger partial charge in [-0.3, -0.25) is 12.8 Å². The van der Waals surface area contributed by atoms with E-state index >= 15 is 0 Å². The van der Waals surface area contributed by atoms with Crippen molar-refractivity contribution in [2.24, 2.45) is 11.8 Å². The van der Waals surface area contributed by atoms with Crippen molar-refractivity contribution in [1.29, 1.82) is 0 Å². The van der Waals surface area contributed by atoms with Crippen LogP contribution < -0.4 is 128 Å². The Morgan fingerprint density at radius 2 is 1.23 bits per heavy atom. The van der Waals surface area contributed by atoms with Crippen molar-refractivity contribution in [3.8, 4) is 0 Å². The summed E-state index contributed by atoms with van der Waals surface area (Å²) in [6.07, 6.45) is 6.48. The fourth-order valence-corrected chi connectivity index (χ4v) is 2.51. The molecule has 2 fully saturated rings. The molecule has 0 bridgehead atoms. The molecule has 0 aromatic carbocycles. The minimum Gasteiger partial charge on any atom is -0.553 e. The van der Waals surface area contributed by atoms with Crippen molar-refractivity contribution in [2.75, 3.05) is 0 Å². The van der Waals surface area contributed by atoms with Gasteiger partial charge in [0.2, 0.25) is 0 Å². The zero-order chi connectivity index (χ0) is 16.3. The van der Waals surface area contributed by atoms with Gasteiger partial charge >= 0.3 is 118 Å². The number of carboxylic acids is 2. The predicted octanol–water partition coefficient (Wildman–Crippen LogP) is -13.4. The first-order valence-electron chi connectivity index (χ1n) is 6.82. The molecule has 2 heterocycles. The molecule has 0 N–H and O–H groups in total. The summed E-state index contributed by atoms with van der Waals surface area (Å²) in [5.41, 5.74) is 0. The second-order valence-electron chi connectivity index (χ2n) is 5.06. The third kappa shape index (κ3) is 8.84. The maximum Gasteiger partial charge on any atom is 1.00 e. The van der Waals surface area contributed by atoms with Crippen molar-refractivity contribution in [1.82, 2.24) is 0 Å². The second-order valence-corrected chi connectivity index (χ2v) is 5.06. The van der Waals surface area contributed by atoms with Crippen molar-refractivity contribution < 1.29 is 148 Å². The van der Waals surface area contributed by atoms with Gasteiger partial charge in [0, 0.05) is 11.9 Å². The minimum absolute atomic E-state index is 0. The molecule has 0 aliphatic carbocycles. The van der Waals surface area contributed by atoms with Gasteiger partial charge < -0.3 is 29.3 Å². The van der Waals surface area contributed by atoms with E-state index in [9.17, 15) is 19.8 Å². The fraction of sp³-hybridized carbons (Fsp3) is 0.375. The summed E-state index contributed by atoms with van der Waals surface area (Å²) in [6.45, 7) is 7.07. The average Bonchev–Trinajstić information content (AvgIpc) is 3.08. The Kier molecular flexibility index (Phi) is 20.0. The molecule has 0 radical (unpaired) electrons. The second kappa shape index (κ2) is 15.9. The van der Waals surface area contributed by atoms with Gasteiger partial charge in [-0.25, -0.2) is 0 Å². The number of carbonyl (C=O) groups is 2. The summed E-state index contributed by atoms with van der Waals surface area (Å²) in [7, 11) is 0. The number of rotatable bonds is 6. The topological polar surface area (TPSA) is 98.7 Å². The van der Waals surface area contributed by atoms with E-state index in [0.29, 0.717) is 0 Å². The Morgan fingerprint density at radius 3 is 1.65 bits per heavy atom. The Labute approximate surface area is 242 Å². The molecule has 6 atom stereocenters. The molecule has 2 saturated heterocycles. The van der Waals surface area contributed by atoms with E-state index in [2.05, 4.69) is 13.2 Å². The van der Waals surface area contributed by atoms with Gasteiger partial charge in [-0.2, -0.15) is 0 Å². The van der Waals surface area contributed by atoms with E-state index in [1.54, 1.807) is 6.08 Å². The molecule has 120 valence electrons. The van der Waals surface area contributed by atoms with E-state index in [1.165, 1.54) is 31.1 Å². The number of aliphatic carboxylic acids is 2. The maximum atomic E-state index is 11.1. The smallest absolute Gasteiger partial charge is 0.553 e. The Bertz CT molecular complexity index is 513. The van der Waals surface area contributed by atoms with Crippen LogP contribution in [0.2, 0.25) is 0 Å². The van der Waals surface area contributed by atoms with Crippen LogP contribution in [-0.2, 0) is 19.1 Å². The molecule has 0 amide bonds. The van der Waals surface area contributed by atoms with E-state index in [-0.39, 0.29) is 118 Å². The van der Waals surface area contributed by atoms with Crippen molar-refractivity contribution >= 4 is 11.9 Å². The summed E-state index contributed by atoms with van der Waals surface area (Å²) >= 11 is 0. The molecular weight excluding hydrogens is 380 g/mol. The summed E-state index contributed by atoms with van der Waals surface area (Å²) < 4.78 is 10.9. The van der Waals surface area contributed by atoms with E-state index in [1.807, 2.05) is 0 Å². The van der Waals surface area contributed by atoms with Gasteiger partial charge in [0.15, 0.2) is 0 Å². The van der Waals surface area contributed by atoms with Gasteiger partial charge in [-0.15, -0.1) is 13.2 Å². The van der Waals surface area contributed by atoms with E-state index < -0.39 is 48.2 Å². The van der Waals surface area contributed by atoms with Gasteiger partial charge in [0.1, 0.15) is 0 Å². The third-order valence-corrected chi connectivity index (χ3v) is 3.63. The first kappa shape index (κ1) is 32.7. The summed E-state index contributed by atoms with van der Waals surface area (Å²) in [5, 5.41) is 22.1. The Hall–Kier alpha value is 2.08. The van der Waals surface area contributed by atoms with Crippen LogP contribution in [0.5, 0.6) is 0 Å². The van der Waals surface area contributed by atoms with Crippen LogP contribution in [0.4, 0.5) is 0 Å². The molecule has 6 nitrogen and oxygen atoms in total. The molecule has 0 aromatic heterocycles.